The minimum Gasteiger partial charge on any atom is -0.475 e. The predicted molar refractivity (Wildman–Crippen MR) is 119 cm³/mol. The number of amides is 1. The molecule has 1 saturated carbocycles. The average molecular weight is 564 g/mol. The van der Waals surface area contributed by atoms with Gasteiger partial charge in [-0.25, -0.2) is 9.71 Å². The number of β-amino-alcohol motifs (C(OH)–C–C–N with tert-alkyl or cyclic N) is 1. The molecule has 4 rings (SSSR count). The Labute approximate surface area is 192 Å². The van der Waals surface area contributed by atoms with Gasteiger partial charge in [0.15, 0.2) is 16.4 Å². The zero-order chi connectivity index (χ0) is 21.5. The first-order chi connectivity index (χ1) is 14.2. The van der Waals surface area contributed by atoms with E-state index in [0.29, 0.717) is 48.9 Å². The number of hydrogen-bond donors (Lipinski definition) is 2. The zero-order valence-electron chi connectivity index (χ0n) is 15.7. The van der Waals surface area contributed by atoms with Gasteiger partial charge in [0.1, 0.15) is 5.82 Å². The quantitative estimate of drug-likeness (QED) is 0.520. The lowest BCUT2D eigenvalue weighted by Crippen LogP contribution is -2.43. The zero-order valence-corrected chi connectivity index (χ0v) is 19.4. The Hall–Kier alpha value is -1.63. The molecule has 1 aromatic heterocycles. The summed E-state index contributed by atoms with van der Waals surface area (Å²) in [5, 5.41) is 9.78. The highest BCUT2D eigenvalue weighted by Crippen LogP contribution is 2.44. The van der Waals surface area contributed by atoms with Crippen LogP contribution in [0.15, 0.2) is 41.4 Å². The van der Waals surface area contributed by atoms with Gasteiger partial charge in [-0.1, -0.05) is 23.7 Å². The van der Waals surface area contributed by atoms with E-state index in [-0.39, 0.29) is 5.03 Å². The molecular weight excluding hydrogens is 545 g/mol. The number of anilines is 1. The van der Waals surface area contributed by atoms with Crippen LogP contribution in [0.1, 0.15) is 19.3 Å². The third kappa shape index (κ3) is 4.36. The van der Waals surface area contributed by atoms with E-state index >= 15 is 0 Å². The lowest BCUT2D eigenvalue weighted by molar-refractivity contribution is -0.127. The Bertz CT molecular complexity index is 1070. The van der Waals surface area contributed by atoms with Gasteiger partial charge in [-0.2, -0.15) is 8.42 Å². The molecule has 1 amide bonds. The monoisotopic (exact) mass is 563 g/mol. The number of aliphatic hydroxyl groups is 1. The second-order valence-corrected chi connectivity index (χ2v) is 10.5. The number of carbonyl (C=O) groups is 1. The van der Waals surface area contributed by atoms with Crippen molar-refractivity contribution in [2.75, 3.05) is 18.0 Å². The van der Waals surface area contributed by atoms with Gasteiger partial charge in [0.2, 0.25) is 0 Å². The number of nitrogens with one attached hydrogen (secondary N) is 1. The molecule has 2 fully saturated rings. The molecule has 11 heteroatoms. The molecule has 2 N–H and O–H groups in total. The Balaban J connectivity index is 1.51. The van der Waals surface area contributed by atoms with Crippen LogP contribution in [0.25, 0.3) is 0 Å². The molecule has 1 aromatic carbocycles. The largest absolute Gasteiger partial charge is 0.475 e. The minimum atomic E-state index is -4.20. The van der Waals surface area contributed by atoms with Crippen molar-refractivity contribution in [3.63, 3.8) is 0 Å². The fourth-order valence-corrected chi connectivity index (χ4v) is 5.20. The van der Waals surface area contributed by atoms with E-state index in [9.17, 15) is 18.3 Å². The number of aliphatic hydroxyl groups excluding tert-OH is 1. The van der Waals surface area contributed by atoms with Crippen molar-refractivity contribution in [1.82, 2.24) is 9.71 Å². The first kappa shape index (κ1) is 21.6. The molecule has 1 aliphatic heterocycles. The molecule has 2 aliphatic rings. The van der Waals surface area contributed by atoms with E-state index in [0.717, 1.165) is 3.57 Å². The topological polar surface area (TPSA) is 109 Å². The Morgan fingerprint density at radius 2 is 2.03 bits per heavy atom. The van der Waals surface area contributed by atoms with Gasteiger partial charge in [0.05, 0.1) is 14.7 Å². The third-order valence-corrected chi connectivity index (χ3v) is 7.41. The molecule has 1 atom stereocenters. The van der Waals surface area contributed by atoms with Crippen molar-refractivity contribution < 1.29 is 23.1 Å². The SMILES string of the molecule is O=C(NS(=O)(=O)c1cccc(N2CC[C@H](O)C2)n1)C1(Oc2c(Cl)cccc2I)CC1. The predicted octanol–water partition coefficient (Wildman–Crippen LogP) is 2.33. The standard InChI is InChI=1S/C19H19ClIN3O5S/c20-13-3-1-4-14(21)17(13)29-19(8-9-19)18(26)23-30(27,28)16-6-2-5-15(22-16)24-10-7-12(25)11-24/h1-6,12,25H,7-11H2,(H,23,26)/t12-/m0/s1. The number of nitrogens with zero attached hydrogens (tertiary/aromatic N) is 2. The summed E-state index contributed by atoms with van der Waals surface area (Å²) in [6.07, 6.45) is 0.894. The summed E-state index contributed by atoms with van der Waals surface area (Å²) in [4.78, 5) is 18.8. The fourth-order valence-electron chi connectivity index (χ4n) is 3.21. The van der Waals surface area contributed by atoms with Crippen LogP contribution in [0.3, 0.4) is 0 Å². The summed E-state index contributed by atoms with van der Waals surface area (Å²) in [6, 6.07) is 9.75. The van der Waals surface area contributed by atoms with Gasteiger partial charge in [-0.3, -0.25) is 4.79 Å². The van der Waals surface area contributed by atoms with Gasteiger partial charge >= 0.3 is 0 Å². The first-order valence-electron chi connectivity index (χ1n) is 9.31. The van der Waals surface area contributed by atoms with E-state index in [4.69, 9.17) is 16.3 Å². The number of pyridine rings is 1. The second kappa shape index (κ2) is 8.13. The summed E-state index contributed by atoms with van der Waals surface area (Å²) in [5.41, 5.74) is -1.27. The number of aromatic nitrogens is 1. The molecule has 2 heterocycles. The van der Waals surface area contributed by atoms with Gasteiger partial charge in [-0.15, -0.1) is 0 Å². The highest BCUT2D eigenvalue weighted by molar-refractivity contribution is 14.1. The van der Waals surface area contributed by atoms with Crippen molar-refractivity contribution in [3.05, 3.63) is 45.0 Å². The first-order valence-corrected chi connectivity index (χ1v) is 12.2. The third-order valence-electron chi connectivity index (χ3n) is 5.03. The maximum atomic E-state index is 12.8. The van der Waals surface area contributed by atoms with Crippen LogP contribution in [-0.2, 0) is 14.8 Å². The van der Waals surface area contributed by atoms with E-state index in [1.54, 1.807) is 35.2 Å². The van der Waals surface area contributed by atoms with Crippen molar-refractivity contribution in [3.8, 4) is 5.75 Å². The number of sulfonamides is 1. The average Bonchev–Trinajstić information content (AvgIpc) is 3.37. The number of carbonyl (C=O) groups excluding carboxylic acids is 1. The normalized spacial score (nSPS) is 20.1. The number of ether oxygens (including phenoxy) is 1. The number of benzene rings is 1. The van der Waals surface area contributed by atoms with Gasteiger partial charge in [0, 0.05) is 25.9 Å². The fraction of sp³-hybridized carbons (Fsp3) is 0.368. The van der Waals surface area contributed by atoms with E-state index < -0.39 is 27.6 Å². The molecule has 2 aromatic rings. The molecule has 0 bridgehead atoms. The molecule has 1 aliphatic carbocycles. The van der Waals surface area contributed by atoms with Crippen LogP contribution in [0, 0.1) is 3.57 Å². The summed E-state index contributed by atoms with van der Waals surface area (Å²) < 4.78 is 34.3. The number of para-hydroxylation sites is 1. The van der Waals surface area contributed by atoms with Crippen LogP contribution in [0.2, 0.25) is 5.02 Å². The summed E-state index contributed by atoms with van der Waals surface area (Å²) in [7, 11) is -4.20. The number of halogens is 2. The summed E-state index contributed by atoms with van der Waals surface area (Å²) in [5.74, 6) is 0.0458. The maximum Gasteiger partial charge on any atom is 0.281 e. The van der Waals surface area contributed by atoms with Crippen LogP contribution in [-0.4, -0.2) is 49.2 Å². The van der Waals surface area contributed by atoms with Crippen molar-refractivity contribution >= 4 is 55.9 Å². The molecule has 8 nitrogen and oxygen atoms in total. The van der Waals surface area contributed by atoms with Gasteiger partial charge in [-0.05, 0) is 53.3 Å². The Morgan fingerprint density at radius 1 is 1.30 bits per heavy atom. The molecule has 1 saturated heterocycles. The van der Waals surface area contributed by atoms with Crippen LogP contribution in [0.5, 0.6) is 5.75 Å². The highest BCUT2D eigenvalue weighted by atomic mass is 127. The van der Waals surface area contributed by atoms with Crippen molar-refractivity contribution in [1.29, 1.82) is 0 Å². The summed E-state index contributed by atoms with van der Waals surface area (Å²) >= 11 is 8.22. The van der Waals surface area contributed by atoms with Crippen LogP contribution < -0.4 is 14.4 Å². The van der Waals surface area contributed by atoms with Crippen LogP contribution >= 0.6 is 34.2 Å². The Kier molecular flexibility index (Phi) is 5.86. The van der Waals surface area contributed by atoms with E-state index in [1.165, 1.54) is 6.07 Å². The van der Waals surface area contributed by atoms with Crippen molar-refractivity contribution in [2.24, 2.45) is 0 Å². The van der Waals surface area contributed by atoms with E-state index in [1.807, 2.05) is 22.6 Å². The molecule has 0 radical (unpaired) electrons. The lowest BCUT2D eigenvalue weighted by Gasteiger charge is -2.20. The molecular formula is C19H19ClIN3O5S. The number of hydrogen-bond acceptors (Lipinski definition) is 7. The van der Waals surface area contributed by atoms with Gasteiger partial charge < -0.3 is 14.7 Å². The lowest BCUT2D eigenvalue weighted by atomic mass is 10.3. The van der Waals surface area contributed by atoms with Crippen molar-refractivity contribution in [2.45, 2.75) is 36.0 Å². The van der Waals surface area contributed by atoms with Gasteiger partial charge in [0.25, 0.3) is 15.9 Å². The maximum absolute atomic E-state index is 12.8. The smallest absolute Gasteiger partial charge is 0.281 e. The highest BCUT2D eigenvalue weighted by Gasteiger charge is 2.54. The van der Waals surface area contributed by atoms with E-state index in [2.05, 4.69) is 9.71 Å². The second-order valence-electron chi connectivity index (χ2n) is 7.30. The number of rotatable bonds is 6. The molecule has 0 unspecified atom stereocenters. The van der Waals surface area contributed by atoms with Crippen LogP contribution in [0.4, 0.5) is 5.82 Å². The molecule has 0 spiro atoms. The minimum absolute atomic E-state index is 0.266. The summed E-state index contributed by atoms with van der Waals surface area (Å²) in [6.45, 7) is 0.966. The molecule has 30 heavy (non-hydrogen) atoms. The molecule has 160 valence electrons. The Morgan fingerprint density at radius 3 is 2.67 bits per heavy atom.